The van der Waals surface area contributed by atoms with Crippen molar-refractivity contribution in [2.24, 2.45) is 0 Å². The van der Waals surface area contributed by atoms with Gasteiger partial charge in [-0.3, -0.25) is 4.98 Å². The normalized spacial score (nSPS) is 14.2. The highest BCUT2D eigenvalue weighted by Gasteiger charge is 2.26. The van der Waals surface area contributed by atoms with E-state index in [1.807, 2.05) is 0 Å². The summed E-state index contributed by atoms with van der Waals surface area (Å²) < 4.78 is 26.5. The van der Waals surface area contributed by atoms with Crippen LogP contribution in [0.4, 0.5) is 8.78 Å². The van der Waals surface area contributed by atoms with Crippen LogP contribution >= 0.6 is 11.6 Å². The molecular weight excluding hydrogens is 272 g/mol. The van der Waals surface area contributed by atoms with Crippen molar-refractivity contribution in [2.45, 2.75) is 18.9 Å². The lowest BCUT2D eigenvalue weighted by Crippen LogP contribution is -2.25. The third-order valence-corrected chi connectivity index (χ3v) is 3.32. The van der Waals surface area contributed by atoms with Gasteiger partial charge in [0.15, 0.2) is 0 Å². The van der Waals surface area contributed by atoms with Gasteiger partial charge in [-0.15, -0.1) is 0 Å². The summed E-state index contributed by atoms with van der Waals surface area (Å²) in [5.74, 6) is -1.09. The Labute approximate surface area is 114 Å². The number of hydrogen-bond acceptors (Lipinski definition) is 2. The first-order chi connectivity index (χ1) is 8.90. The van der Waals surface area contributed by atoms with E-state index in [2.05, 4.69) is 4.98 Å². The second kappa shape index (κ2) is 5.23. The van der Waals surface area contributed by atoms with Crippen LogP contribution in [0.25, 0.3) is 0 Å². The van der Waals surface area contributed by atoms with Crippen molar-refractivity contribution < 1.29 is 13.9 Å². The Morgan fingerprint density at radius 1 is 1.32 bits per heavy atom. The molecule has 0 saturated carbocycles. The van der Waals surface area contributed by atoms with Gasteiger partial charge in [-0.2, -0.15) is 0 Å². The Hall–Kier alpha value is -1.52. The fourth-order valence-corrected chi connectivity index (χ4v) is 2.06. The first kappa shape index (κ1) is 13.9. The van der Waals surface area contributed by atoms with E-state index < -0.39 is 17.2 Å². The molecule has 1 heterocycles. The molecule has 1 aromatic heterocycles. The lowest BCUT2D eigenvalue weighted by molar-refractivity contribution is 0.0568. The number of aliphatic hydroxyl groups is 1. The molecule has 2 rings (SSSR count). The number of halogens is 3. The van der Waals surface area contributed by atoms with Gasteiger partial charge in [0, 0.05) is 18.2 Å². The summed E-state index contributed by atoms with van der Waals surface area (Å²) in [6, 6.07) is 5.56. The molecule has 0 bridgehead atoms. The second-order valence-electron chi connectivity index (χ2n) is 4.56. The molecule has 5 heteroatoms. The van der Waals surface area contributed by atoms with Crippen LogP contribution in [-0.2, 0) is 12.0 Å². The molecule has 0 fully saturated rings. The van der Waals surface area contributed by atoms with Crippen molar-refractivity contribution in [3.05, 3.63) is 64.4 Å². The lowest BCUT2D eigenvalue weighted by Gasteiger charge is -2.24. The maximum absolute atomic E-state index is 13.3. The maximum Gasteiger partial charge on any atom is 0.142 e. The van der Waals surface area contributed by atoms with Crippen molar-refractivity contribution >= 4 is 11.6 Å². The lowest BCUT2D eigenvalue weighted by atomic mass is 9.90. The van der Waals surface area contributed by atoms with E-state index in [0.717, 1.165) is 6.20 Å². The third-order valence-electron chi connectivity index (χ3n) is 2.89. The summed E-state index contributed by atoms with van der Waals surface area (Å²) in [5, 5.41) is 10.4. The molecule has 2 nitrogen and oxygen atoms in total. The molecule has 0 saturated heterocycles. The summed E-state index contributed by atoms with van der Waals surface area (Å²) in [6.45, 7) is 1.50. The molecule has 0 aliphatic heterocycles. The van der Waals surface area contributed by atoms with E-state index >= 15 is 0 Å². The average molecular weight is 284 g/mol. The third kappa shape index (κ3) is 3.08. The molecule has 19 heavy (non-hydrogen) atoms. The Morgan fingerprint density at radius 2 is 2.05 bits per heavy atom. The zero-order chi connectivity index (χ0) is 14.0. The number of hydrogen-bond donors (Lipinski definition) is 1. The van der Waals surface area contributed by atoms with Crippen molar-refractivity contribution in [2.75, 3.05) is 0 Å². The zero-order valence-electron chi connectivity index (χ0n) is 10.2. The van der Waals surface area contributed by atoms with E-state index in [4.69, 9.17) is 11.6 Å². The molecule has 0 spiro atoms. The van der Waals surface area contributed by atoms with Gasteiger partial charge < -0.3 is 5.11 Å². The van der Waals surface area contributed by atoms with Gasteiger partial charge in [0.2, 0.25) is 0 Å². The van der Waals surface area contributed by atoms with Gasteiger partial charge in [-0.1, -0.05) is 23.7 Å². The average Bonchev–Trinajstić information content (AvgIpc) is 2.35. The molecule has 1 N–H and O–H groups in total. The summed E-state index contributed by atoms with van der Waals surface area (Å²) in [6.07, 6.45) is 2.49. The number of benzene rings is 1. The maximum atomic E-state index is 13.3. The fourth-order valence-electron chi connectivity index (χ4n) is 1.86. The fraction of sp³-hybridized carbons (Fsp3) is 0.214. The quantitative estimate of drug-likeness (QED) is 0.936. The molecule has 1 aromatic carbocycles. The standard InChI is InChI=1S/C14H12ClF2NO/c1-14(19,10-5-11(16)8-18-7-10)6-9-3-2-4-12(17)13(9)15/h2-5,7-8,19H,6H2,1H3. The van der Waals surface area contributed by atoms with Crippen LogP contribution in [0.3, 0.4) is 0 Å². The first-order valence-corrected chi connectivity index (χ1v) is 6.04. The number of nitrogens with zero attached hydrogens (tertiary/aromatic N) is 1. The first-order valence-electron chi connectivity index (χ1n) is 5.66. The minimum Gasteiger partial charge on any atom is -0.385 e. The van der Waals surface area contributed by atoms with Crippen molar-refractivity contribution in [1.82, 2.24) is 4.98 Å². The zero-order valence-corrected chi connectivity index (χ0v) is 11.0. The van der Waals surface area contributed by atoms with Crippen LogP contribution in [0.15, 0.2) is 36.7 Å². The molecule has 0 amide bonds. The van der Waals surface area contributed by atoms with E-state index in [9.17, 15) is 13.9 Å². The molecule has 0 radical (unpaired) electrons. The number of pyridine rings is 1. The van der Waals surface area contributed by atoms with Gasteiger partial charge in [0.25, 0.3) is 0 Å². The Balaban J connectivity index is 2.33. The molecule has 2 aromatic rings. The monoisotopic (exact) mass is 283 g/mol. The topological polar surface area (TPSA) is 33.1 Å². The van der Waals surface area contributed by atoms with E-state index in [-0.39, 0.29) is 11.4 Å². The highest BCUT2D eigenvalue weighted by Crippen LogP contribution is 2.29. The van der Waals surface area contributed by atoms with Crippen LogP contribution in [-0.4, -0.2) is 10.1 Å². The summed E-state index contributed by atoms with van der Waals surface area (Å²) in [7, 11) is 0. The smallest absolute Gasteiger partial charge is 0.142 e. The molecule has 1 unspecified atom stereocenters. The van der Waals surface area contributed by atoms with Crippen molar-refractivity contribution in [3.8, 4) is 0 Å². The summed E-state index contributed by atoms with van der Waals surface area (Å²) in [5.41, 5.74) is -0.615. The van der Waals surface area contributed by atoms with Gasteiger partial charge in [-0.05, 0) is 24.6 Å². The summed E-state index contributed by atoms with van der Waals surface area (Å²) >= 11 is 5.84. The number of rotatable bonds is 3. The highest BCUT2D eigenvalue weighted by molar-refractivity contribution is 6.31. The van der Waals surface area contributed by atoms with Crippen LogP contribution < -0.4 is 0 Å². The summed E-state index contributed by atoms with van der Waals surface area (Å²) in [4.78, 5) is 3.69. The van der Waals surface area contributed by atoms with Crippen LogP contribution in [0.5, 0.6) is 0 Å². The highest BCUT2D eigenvalue weighted by atomic mass is 35.5. The molecular formula is C14H12ClF2NO. The van der Waals surface area contributed by atoms with Gasteiger partial charge in [0.1, 0.15) is 11.6 Å². The SMILES string of the molecule is CC(O)(Cc1cccc(F)c1Cl)c1cncc(F)c1. The van der Waals surface area contributed by atoms with Crippen LogP contribution in [0.2, 0.25) is 5.02 Å². The van der Waals surface area contributed by atoms with Gasteiger partial charge >= 0.3 is 0 Å². The van der Waals surface area contributed by atoms with Gasteiger partial charge in [0.05, 0.1) is 16.8 Å². The van der Waals surface area contributed by atoms with Crippen molar-refractivity contribution in [3.63, 3.8) is 0 Å². The minimum atomic E-state index is -1.38. The number of aromatic nitrogens is 1. The Morgan fingerprint density at radius 3 is 2.74 bits per heavy atom. The molecule has 1 atom stereocenters. The van der Waals surface area contributed by atoms with Crippen molar-refractivity contribution in [1.29, 1.82) is 0 Å². The molecule has 0 aliphatic rings. The van der Waals surface area contributed by atoms with E-state index in [1.54, 1.807) is 6.07 Å². The van der Waals surface area contributed by atoms with E-state index in [0.29, 0.717) is 11.1 Å². The van der Waals surface area contributed by atoms with Crippen LogP contribution in [0.1, 0.15) is 18.1 Å². The predicted molar refractivity (Wildman–Crippen MR) is 68.9 cm³/mol. The van der Waals surface area contributed by atoms with Crippen LogP contribution in [0, 0.1) is 11.6 Å². The largest absolute Gasteiger partial charge is 0.385 e. The second-order valence-corrected chi connectivity index (χ2v) is 4.93. The molecule has 100 valence electrons. The molecule has 0 aliphatic carbocycles. The van der Waals surface area contributed by atoms with E-state index in [1.165, 1.54) is 31.3 Å². The van der Waals surface area contributed by atoms with Gasteiger partial charge in [-0.25, -0.2) is 8.78 Å². The Bertz CT molecular complexity index is 602. The predicted octanol–water partition coefficient (Wildman–Crippen LogP) is 3.46. The minimum absolute atomic E-state index is 0.0351. The Kier molecular flexibility index (Phi) is 3.83.